The van der Waals surface area contributed by atoms with E-state index in [4.69, 9.17) is 0 Å². The standard InChI is InChI=1S/C11H19N3S/c1-2-12-10-4-3-5-14(6-10)7-11-8-15-9-13-11/h8-10,12H,2-7H2,1H3. The number of thiazole rings is 1. The average molecular weight is 225 g/mol. The number of rotatable bonds is 4. The van der Waals surface area contributed by atoms with E-state index in [0.717, 1.165) is 13.1 Å². The third-order valence-electron chi connectivity index (χ3n) is 2.87. The van der Waals surface area contributed by atoms with Crippen LogP contribution in [0.2, 0.25) is 0 Å². The highest BCUT2D eigenvalue weighted by Crippen LogP contribution is 2.13. The van der Waals surface area contributed by atoms with Gasteiger partial charge in [-0.1, -0.05) is 6.92 Å². The molecule has 2 rings (SSSR count). The molecule has 84 valence electrons. The van der Waals surface area contributed by atoms with E-state index in [0.29, 0.717) is 6.04 Å². The van der Waals surface area contributed by atoms with Crippen LogP contribution in [0.4, 0.5) is 0 Å². The van der Waals surface area contributed by atoms with Crippen molar-refractivity contribution in [2.75, 3.05) is 19.6 Å². The number of likely N-dealkylation sites (N-methyl/N-ethyl adjacent to an activating group) is 1. The molecule has 1 aromatic heterocycles. The van der Waals surface area contributed by atoms with Gasteiger partial charge in [0.05, 0.1) is 11.2 Å². The molecule has 1 atom stereocenters. The molecule has 1 fully saturated rings. The molecule has 0 spiro atoms. The van der Waals surface area contributed by atoms with Crippen molar-refractivity contribution in [1.82, 2.24) is 15.2 Å². The zero-order valence-electron chi connectivity index (χ0n) is 9.28. The molecular formula is C11H19N3S. The summed E-state index contributed by atoms with van der Waals surface area (Å²) in [5.74, 6) is 0. The summed E-state index contributed by atoms with van der Waals surface area (Å²) in [6, 6.07) is 0.683. The lowest BCUT2D eigenvalue weighted by atomic mass is 10.1. The topological polar surface area (TPSA) is 28.2 Å². The molecule has 0 aromatic carbocycles. The maximum Gasteiger partial charge on any atom is 0.0795 e. The average Bonchev–Trinajstić information content (AvgIpc) is 2.71. The summed E-state index contributed by atoms with van der Waals surface area (Å²) in [4.78, 5) is 6.84. The Morgan fingerprint density at radius 1 is 1.67 bits per heavy atom. The third kappa shape index (κ3) is 3.26. The van der Waals surface area contributed by atoms with Gasteiger partial charge in [-0.15, -0.1) is 11.3 Å². The number of piperidine rings is 1. The van der Waals surface area contributed by atoms with Crippen LogP contribution >= 0.6 is 11.3 Å². The van der Waals surface area contributed by atoms with Gasteiger partial charge in [-0.2, -0.15) is 0 Å². The van der Waals surface area contributed by atoms with Gasteiger partial charge in [0.25, 0.3) is 0 Å². The molecule has 1 aliphatic rings. The van der Waals surface area contributed by atoms with Crippen LogP contribution in [0.15, 0.2) is 10.9 Å². The molecule has 2 heterocycles. The number of aromatic nitrogens is 1. The van der Waals surface area contributed by atoms with Crippen LogP contribution in [0.5, 0.6) is 0 Å². The van der Waals surface area contributed by atoms with Crippen LogP contribution in [0, 0.1) is 0 Å². The van der Waals surface area contributed by atoms with Crippen molar-refractivity contribution in [2.45, 2.75) is 32.4 Å². The molecule has 15 heavy (non-hydrogen) atoms. The predicted molar refractivity (Wildman–Crippen MR) is 64.1 cm³/mol. The number of hydrogen-bond acceptors (Lipinski definition) is 4. The van der Waals surface area contributed by atoms with Crippen LogP contribution in [-0.4, -0.2) is 35.6 Å². The summed E-state index contributed by atoms with van der Waals surface area (Å²) >= 11 is 1.69. The summed E-state index contributed by atoms with van der Waals surface area (Å²) in [6.45, 7) is 6.67. The summed E-state index contributed by atoms with van der Waals surface area (Å²) < 4.78 is 0. The first-order valence-electron chi connectivity index (χ1n) is 5.71. The molecule has 1 aliphatic heterocycles. The monoisotopic (exact) mass is 225 g/mol. The third-order valence-corrected chi connectivity index (χ3v) is 3.50. The van der Waals surface area contributed by atoms with Gasteiger partial charge in [0.1, 0.15) is 0 Å². The fourth-order valence-electron chi connectivity index (χ4n) is 2.20. The largest absolute Gasteiger partial charge is 0.313 e. The van der Waals surface area contributed by atoms with Crippen molar-refractivity contribution >= 4 is 11.3 Å². The van der Waals surface area contributed by atoms with E-state index in [2.05, 4.69) is 27.5 Å². The Kier molecular flexibility index (Phi) is 4.11. The van der Waals surface area contributed by atoms with Gasteiger partial charge in [-0.05, 0) is 25.9 Å². The van der Waals surface area contributed by atoms with Crippen LogP contribution in [0.25, 0.3) is 0 Å². The lowest BCUT2D eigenvalue weighted by Gasteiger charge is -2.32. The molecule has 1 saturated heterocycles. The Morgan fingerprint density at radius 3 is 3.33 bits per heavy atom. The number of likely N-dealkylation sites (tertiary alicyclic amines) is 1. The molecule has 1 aromatic rings. The van der Waals surface area contributed by atoms with Crippen LogP contribution in [0.1, 0.15) is 25.5 Å². The van der Waals surface area contributed by atoms with E-state index in [9.17, 15) is 0 Å². The lowest BCUT2D eigenvalue weighted by molar-refractivity contribution is 0.183. The molecule has 3 nitrogen and oxygen atoms in total. The Hall–Kier alpha value is -0.450. The molecule has 0 amide bonds. The van der Waals surface area contributed by atoms with Crippen molar-refractivity contribution in [1.29, 1.82) is 0 Å². The van der Waals surface area contributed by atoms with Gasteiger partial charge >= 0.3 is 0 Å². The zero-order valence-corrected chi connectivity index (χ0v) is 10.1. The summed E-state index contributed by atoms with van der Waals surface area (Å²) in [6.07, 6.45) is 2.63. The highest BCUT2D eigenvalue weighted by Gasteiger charge is 2.19. The molecule has 0 bridgehead atoms. The van der Waals surface area contributed by atoms with E-state index >= 15 is 0 Å². The van der Waals surface area contributed by atoms with Gasteiger partial charge in [0, 0.05) is 24.5 Å². The fourth-order valence-corrected chi connectivity index (χ4v) is 2.75. The van der Waals surface area contributed by atoms with Crippen molar-refractivity contribution in [2.24, 2.45) is 0 Å². The quantitative estimate of drug-likeness (QED) is 0.845. The molecule has 4 heteroatoms. The van der Waals surface area contributed by atoms with E-state index in [-0.39, 0.29) is 0 Å². The first kappa shape index (κ1) is 11.0. The first-order chi connectivity index (χ1) is 7.38. The Labute approximate surface area is 95.5 Å². The number of hydrogen-bond donors (Lipinski definition) is 1. The maximum absolute atomic E-state index is 4.34. The van der Waals surface area contributed by atoms with Gasteiger partial charge in [0.15, 0.2) is 0 Å². The Morgan fingerprint density at radius 2 is 2.60 bits per heavy atom. The second-order valence-corrected chi connectivity index (χ2v) is 4.83. The summed E-state index contributed by atoms with van der Waals surface area (Å²) in [5.41, 5.74) is 3.14. The molecular weight excluding hydrogens is 206 g/mol. The summed E-state index contributed by atoms with van der Waals surface area (Å²) in [5, 5.41) is 5.68. The maximum atomic E-state index is 4.34. The minimum absolute atomic E-state index is 0.683. The van der Waals surface area contributed by atoms with Gasteiger partial charge in [-0.3, -0.25) is 4.90 Å². The molecule has 0 radical (unpaired) electrons. The van der Waals surface area contributed by atoms with Gasteiger partial charge < -0.3 is 5.32 Å². The summed E-state index contributed by atoms with van der Waals surface area (Å²) in [7, 11) is 0. The second kappa shape index (κ2) is 5.58. The van der Waals surface area contributed by atoms with E-state index < -0.39 is 0 Å². The highest BCUT2D eigenvalue weighted by molar-refractivity contribution is 7.07. The van der Waals surface area contributed by atoms with E-state index in [1.165, 1.54) is 31.6 Å². The fraction of sp³-hybridized carbons (Fsp3) is 0.727. The molecule has 0 aliphatic carbocycles. The highest BCUT2D eigenvalue weighted by atomic mass is 32.1. The first-order valence-corrected chi connectivity index (χ1v) is 6.65. The van der Waals surface area contributed by atoms with Crippen LogP contribution in [0.3, 0.4) is 0 Å². The Bertz CT molecular complexity index is 271. The zero-order chi connectivity index (χ0) is 10.5. The predicted octanol–water partition coefficient (Wildman–Crippen LogP) is 1.72. The smallest absolute Gasteiger partial charge is 0.0795 e. The van der Waals surface area contributed by atoms with Crippen LogP contribution in [-0.2, 0) is 6.54 Å². The van der Waals surface area contributed by atoms with Gasteiger partial charge in [0.2, 0.25) is 0 Å². The van der Waals surface area contributed by atoms with E-state index in [1.807, 2.05) is 5.51 Å². The minimum atomic E-state index is 0.683. The van der Waals surface area contributed by atoms with Crippen molar-refractivity contribution < 1.29 is 0 Å². The van der Waals surface area contributed by atoms with E-state index in [1.54, 1.807) is 11.3 Å². The van der Waals surface area contributed by atoms with Gasteiger partial charge in [-0.25, -0.2) is 4.98 Å². The molecule has 1 unspecified atom stereocenters. The minimum Gasteiger partial charge on any atom is -0.313 e. The molecule has 0 saturated carbocycles. The van der Waals surface area contributed by atoms with Crippen molar-refractivity contribution in [3.63, 3.8) is 0 Å². The number of nitrogens with one attached hydrogen (secondary N) is 1. The second-order valence-electron chi connectivity index (χ2n) is 4.11. The Balaban J connectivity index is 1.82. The van der Waals surface area contributed by atoms with Crippen LogP contribution < -0.4 is 5.32 Å². The van der Waals surface area contributed by atoms with Crippen molar-refractivity contribution in [3.8, 4) is 0 Å². The lowest BCUT2D eigenvalue weighted by Crippen LogP contribution is -2.45. The van der Waals surface area contributed by atoms with Crippen molar-refractivity contribution in [3.05, 3.63) is 16.6 Å². The normalized spacial score (nSPS) is 23.1. The molecule has 1 N–H and O–H groups in total. The SMILES string of the molecule is CCNC1CCCN(Cc2cscn2)C1. The number of nitrogens with zero attached hydrogens (tertiary/aromatic N) is 2.